The number of nitrogens with zero attached hydrogens (tertiary/aromatic N) is 2. The molecule has 0 aliphatic heterocycles. The summed E-state index contributed by atoms with van der Waals surface area (Å²) in [6.07, 6.45) is -4.25. The molecule has 1 aromatic rings. The van der Waals surface area contributed by atoms with Crippen molar-refractivity contribution in [3.8, 4) is 6.07 Å². The third kappa shape index (κ3) is 3.39. The molecule has 0 saturated heterocycles. The van der Waals surface area contributed by atoms with Crippen LogP contribution in [0.3, 0.4) is 0 Å². The first-order valence-electron chi connectivity index (χ1n) is 5.24. The van der Waals surface area contributed by atoms with Gasteiger partial charge in [-0.2, -0.15) is 18.4 Å². The SMILES string of the molecule is CC(CC#N)N(C)c1ccc(Br)cc1C(F)(F)F. The number of rotatable bonds is 3. The predicted octanol–water partition coefficient (Wildman–Crippen LogP) is 4.21. The fourth-order valence-electron chi connectivity index (χ4n) is 1.55. The molecule has 6 heteroatoms. The molecule has 1 rings (SSSR count). The summed E-state index contributed by atoms with van der Waals surface area (Å²) in [7, 11) is 1.56. The second-order valence-corrected chi connectivity index (χ2v) is 4.90. The molecule has 0 fully saturated rings. The van der Waals surface area contributed by atoms with Crippen molar-refractivity contribution in [3.63, 3.8) is 0 Å². The summed E-state index contributed by atoms with van der Waals surface area (Å²) in [6, 6.07) is 5.68. The highest BCUT2D eigenvalue weighted by atomic mass is 79.9. The van der Waals surface area contributed by atoms with Crippen molar-refractivity contribution in [3.05, 3.63) is 28.2 Å². The monoisotopic (exact) mass is 320 g/mol. The number of alkyl halides is 3. The molecule has 0 radical (unpaired) electrons. The van der Waals surface area contributed by atoms with Crippen LogP contribution in [0.4, 0.5) is 18.9 Å². The highest BCUT2D eigenvalue weighted by molar-refractivity contribution is 9.10. The van der Waals surface area contributed by atoms with Crippen LogP contribution in [-0.4, -0.2) is 13.1 Å². The first-order chi connectivity index (χ1) is 8.27. The van der Waals surface area contributed by atoms with Crippen LogP contribution < -0.4 is 4.90 Å². The molecule has 0 aromatic heterocycles. The fourth-order valence-corrected chi connectivity index (χ4v) is 1.91. The topological polar surface area (TPSA) is 27.0 Å². The van der Waals surface area contributed by atoms with Crippen LogP contribution in [0.25, 0.3) is 0 Å². The molecule has 18 heavy (non-hydrogen) atoms. The molecule has 0 aliphatic carbocycles. The summed E-state index contributed by atoms with van der Waals surface area (Å²) in [5.41, 5.74) is -0.627. The predicted molar refractivity (Wildman–Crippen MR) is 67.2 cm³/mol. The molecule has 1 aromatic carbocycles. The van der Waals surface area contributed by atoms with E-state index in [4.69, 9.17) is 5.26 Å². The zero-order valence-electron chi connectivity index (χ0n) is 9.92. The van der Waals surface area contributed by atoms with Crippen molar-refractivity contribution >= 4 is 21.6 Å². The van der Waals surface area contributed by atoms with Crippen molar-refractivity contribution in [2.75, 3.05) is 11.9 Å². The van der Waals surface area contributed by atoms with Crippen LogP contribution in [0, 0.1) is 11.3 Å². The lowest BCUT2D eigenvalue weighted by Gasteiger charge is -2.28. The van der Waals surface area contributed by atoms with Gasteiger partial charge in [0.25, 0.3) is 0 Å². The van der Waals surface area contributed by atoms with E-state index in [1.54, 1.807) is 20.0 Å². The van der Waals surface area contributed by atoms with E-state index in [-0.39, 0.29) is 18.2 Å². The van der Waals surface area contributed by atoms with Crippen molar-refractivity contribution in [2.45, 2.75) is 25.6 Å². The van der Waals surface area contributed by atoms with Crippen molar-refractivity contribution < 1.29 is 13.2 Å². The maximum absolute atomic E-state index is 12.9. The molecule has 1 atom stereocenters. The molecular formula is C12H12BrF3N2. The Balaban J connectivity index is 3.20. The van der Waals surface area contributed by atoms with Crippen molar-refractivity contribution in [1.82, 2.24) is 0 Å². The molecule has 0 spiro atoms. The summed E-state index contributed by atoms with van der Waals surface area (Å²) in [5.74, 6) is 0. The molecule has 0 amide bonds. The summed E-state index contributed by atoms with van der Waals surface area (Å²) in [6.45, 7) is 1.71. The third-order valence-corrected chi connectivity index (χ3v) is 3.19. The van der Waals surface area contributed by atoms with Gasteiger partial charge in [-0.05, 0) is 25.1 Å². The zero-order valence-corrected chi connectivity index (χ0v) is 11.5. The van der Waals surface area contributed by atoms with Crippen LogP contribution in [0.2, 0.25) is 0 Å². The molecule has 1 unspecified atom stereocenters. The second-order valence-electron chi connectivity index (χ2n) is 3.98. The molecule has 0 saturated carbocycles. The highest BCUT2D eigenvalue weighted by Gasteiger charge is 2.35. The number of hydrogen-bond donors (Lipinski definition) is 0. The van der Waals surface area contributed by atoms with Crippen LogP contribution in [-0.2, 0) is 6.18 Å². The van der Waals surface area contributed by atoms with Gasteiger partial charge in [-0.25, -0.2) is 0 Å². The van der Waals surface area contributed by atoms with Gasteiger partial charge in [0.2, 0.25) is 0 Å². The first-order valence-corrected chi connectivity index (χ1v) is 6.03. The Kier molecular flexibility index (Phi) is 4.63. The quantitative estimate of drug-likeness (QED) is 0.834. The molecule has 0 heterocycles. The Morgan fingerprint density at radius 2 is 2.06 bits per heavy atom. The standard InChI is InChI=1S/C12H12BrF3N2/c1-8(5-6-17)18(2)11-4-3-9(13)7-10(11)12(14,15)16/h3-4,7-8H,5H2,1-2H3. The lowest BCUT2D eigenvalue weighted by Crippen LogP contribution is -2.30. The van der Waals surface area contributed by atoms with Gasteiger partial charge in [-0.15, -0.1) is 0 Å². The van der Waals surface area contributed by atoms with Crippen molar-refractivity contribution in [1.29, 1.82) is 5.26 Å². The maximum atomic E-state index is 12.9. The van der Waals surface area contributed by atoms with E-state index in [2.05, 4.69) is 15.9 Å². The molecular weight excluding hydrogens is 309 g/mol. The van der Waals surface area contributed by atoms with Gasteiger partial charge in [-0.3, -0.25) is 0 Å². The summed E-state index contributed by atoms with van der Waals surface area (Å²) < 4.78 is 39.2. The van der Waals surface area contributed by atoms with Gasteiger partial charge in [0, 0.05) is 23.2 Å². The molecule has 0 N–H and O–H groups in total. The fraction of sp³-hybridized carbons (Fsp3) is 0.417. The van der Waals surface area contributed by atoms with E-state index in [9.17, 15) is 13.2 Å². The van der Waals surface area contributed by atoms with Crippen LogP contribution >= 0.6 is 15.9 Å². The van der Waals surface area contributed by atoms with Crippen molar-refractivity contribution in [2.24, 2.45) is 0 Å². The summed E-state index contributed by atoms with van der Waals surface area (Å²) in [4.78, 5) is 1.47. The molecule has 0 bridgehead atoms. The van der Waals surface area contributed by atoms with E-state index >= 15 is 0 Å². The minimum atomic E-state index is -4.42. The second kappa shape index (κ2) is 5.61. The Hall–Kier alpha value is -1.22. The van der Waals surface area contributed by atoms with Gasteiger partial charge in [0.1, 0.15) is 0 Å². The Bertz CT molecular complexity index is 465. The summed E-state index contributed by atoms with van der Waals surface area (Å²) in [5, 5.41) is 8.60. The lowest BCUT2D eigenvalue weighted by molar-refractivity contribution is -0.137. The number of benzene rings is 1. The average molecular weight is 321 g/mol. The Morgan fingerprint density at radius 3 is 2.56 bits per heavy atom. The van der Waals surface area contributed by atoms with E-state index < -0.39 is 11.7 Å². The van der Waals surface area contributed by atoms with E-state index in [1.807, 2.05) is 6.07 Å². The normalized spacial score (nSPS) is 12.9. The van der Waals surface area contributed by atoms with Gasteiger partial charge in [0.05, 0.1) is 18.1 Å². The van der Waals surface area contributed by atoms with Gasteiger partial charge >= 0.3 is 6.18 Å². The van der Waals surface area contributed by atoms with Gasteiger partial charge < -0.3 is 4.90 Å². The van der Waals surface area contributed by atoms with E-state index in [0.29, 0.717) is 4.47 Å². The van der Waals surface area contributed by atoms with E-state index in [0.717, 1.165) is 6.07 Å². The zero-order chi connectivity index (χ0) is 13.9. The largest absolute Gasteiger partial charge is 0.418 e. The van der Waals surface area contributed by atoms with Gasteiger partial charge in [-0.1, -0.05) is 15.9 Å². The third-order valence-electron chi connectivity index (χ3n) is 2.69. The van der Waals surface area contributed by atoms with Crippen LogP contribution in [0.1, 0.15) is 18.9 Å². The minimum absolute atomic E-state index is 0.0773. The molecule has 0 aliphatic rings. The number of halogens is 4. The Morgan fingerprint density at radius 1 is 1.44 bits per heavy atom. The lowest BCUT2D eigenvalue weighted by atomic mass is 10.1. The number of hydrogen-bond acceptors (Lipinski definition) is 2. The van der Waals surface area contributed by atoms with Gasteiger partial charge in [0.15, 0.2) is 0 Å². The number of anilines is 1. The molecule has 98 valence electrons. The smallest absolute Gasteiger partial charge is 0.370 e. The Labute approximate surface area is 112 Å². The molecule has 2 nitrogen and oxygen atoms in total. The summed E-state index contributed by atoms with van der Waals surface area (Å²) >= 11 is 3.03. The maximum Gasteiger partial charge on any atom is 0.418 e. The number of nitriles is 1. The van der Waals surface area contributed by atoms with E-state index in [1.165, 1.54) is 11.0 Å². The average Bonchev–Trinajstić information content (AvgIpc) is 2.27. The van der Waals surface area contributed by atoms with Crippen LogP contribution in [0.15, 0.2) is 22.7 Å². The highest BCUT2D eigenvalue weighted by Crippen LogP contribution is 2.38. The first kappa shape index (κ1) is 14.8. The minimum Gasteiger partial charge on any atom is -0.370 e. The van der Waals surface area contributed by atoms with Crippen LogP contribution in [0.5, 0.6) is 0 Å².